The quantitative estimate of drug-likeness (QED) is 0.517. The Morgan fingerprint density at radius 3 is 2.36 bits per heavy atom. The molecule has 2 amide bonds. The Balaban J connectivity index is 1.58. The lowest BCUT2D eigenvalue weighted by Gasteiger charge is -2.27. The highest BCUT2D eigenvalue weighted by atomic mass is 19.4. The molecular formula is C22H27F3N4O4. The smallest absolute Gasteiger partial charge is 0.435 e. The number of amides is 2. The van der Waals surface area contributed by atoms with E-state index in [1.54, 1.807) is 24.3 Å². The zero-order valence-electron chi connectivity index (χ0n) is 18.2. The van der Waals surface area contributed by atoms with Gasteiger partial charge in [-0.05, 0) is 44.0 Å². The van der Waals surface area contributed by atoms with Crippen molar-refractivity contribution in [2.24, 2.45) is 0 Å². The number of benzene rings is 1. The van der Waals surface area contributed by atoms with Crippen LogP contribution >= 0.6 is 0 Å². The van der Waals surface area contributed by atoms with E-state index in [2.05, 4.69) is 15.7 Å². The van der Waals surface area contributed by atoms with Crippen molar-refractivity contribution in [1.82, 2.24) is 20.4 Å². The molecule has 1 saturated carbocycles. The maximum absolute atomic E-state index is 13.5. The van der Waals surface area contributed by atoms with Crippen molar-refractivity contribution in [2.45, 2.75) is 50.9 Å². The highest BCUT2D eigenvalue weighted by molar-refractivity contribution is 5.96. The van der Waals surface area contributed by atoms with Gasteiger partial charge in [0.25, 0.3) is 11.8 Å². The average Bonchev–Trinajstić information content (AvgIpc) is 3.23. The first-order valence-electron chi connectivity index (χ1n) is 10.8. The molecule has 2 atom stereocenters. The first-order chi connectivity index (χ1) is 15.7. The van der Waals surface area contributed by atoms with Crippen LogP contribution in [-0.2, 0) is 6.18 Å². The van der Waals surface area contributed by atoms with Crippen molar-refractivity contribution in [2.75, 3.05) is 19.7 Å². The molecule has 1 aromatic carbocycles. The molecule has 0 aliphatic heterocycles. The number of carbonyl (C=O) groups excluding carboxylic acids is 2. The number of aliphatic hydroxyl groups is 1. The van der Waals surface area contributed by atoms with Crippen LogP contribution in [0.2, 0.25) is 0 Å². The van der Waals surface area contributed by atoms with Gasteiger partial charge in [-0.3, -0.25) is 14.3 Å². The van der Waals surface area contributed by atoms with Crippen LogP contribution in [0, 0.1) is 0 Å². The molecule has 1 aliphatic carbocycles. The fourth-order valence-corrected chi connectivity index (χ4v) is 3.76. The van der Waals surface area contributed by atoms with E-state index in [4.69, 9.17) is 4.74 Å². The predicted octanol–water partition coefficient (Wildman–Crippen LogP) is 2.94. The van der Waals surface area contributed by atoms with Crippen LogP contribution in [0.1, 0.15) is 65.1 Å². The van der Waals surface area contributed by atoms with Crippen LogP contribution in [-0.4, -0.2) is 52.5 Å². The minimum atomic E-state index is -4.82. The third-order valence-corrected chi connectivity index (χ3v) is 5.40. The molecule has 1 aromatic heterocycles. The standard InChI is InChI=1S/C22H27F3N4O4/c1-2-33-15-9-7-14(8-10-15)20(31)26-11-12-27-21(32)16-13-29(28-19(16)22(23,24)25)17-5-3-4-6-18(17)30/h7-10,13,17-18,30H,2-6,11-12H2,1H3,(H,26,31)(H,27,32). The van der Waals surface area contributed by atoms with E-state index in [1.807, 2.05) is 6.92 Å². The highest BCUT2D eigenvalue weighted by Gasteiger charge is 2.40. The van der Waals surface area contributed by atoms with Gasteiger partial charge in [-0.2, -0.15) is 18.3 Å². The van der Waals surface area contributed by atoms with E-state index in [9.17, 15) is 27.9 Å². The van der Waals surface area contributed by atoms with Gasteiger partial charge in [0, 0.05) is 24.8 Å². The second-order valence-corrected chi connectivity index (χ2v) is 7.76. The van der Waals surface area contributed by atoms with E-state index >= 15 is 0 Å². The lowest BCUT2D eigenvalue weighted by molar-refractivity contribution is -0.142. The lowest BCUT2D eigenvalue weighted by Crippen LogP contribution is -2.35. The summed E-state index contributed by atoms with van der Waals surface area (Å²) in [5.41, 5.74) is -1.52. The van der Waals surface area contributed by atoms with Gasteiger partial charge >= 0.3 is 6.18 Å². The maximum atomic E-state index is 13.5. The second-order valence-electron chi connectivity index (χ2n) is 7.76. The van der Waals surface area contributed by atoms with E-state index in [0.717, 1.165) is 23.7 Å². The van der Waals surface area contributed by atoms with Gasteiger partial charge in [-0.15, -0.1) is 0 Å². The number of alkyl halides is 3. The summed E-state index contributed by atoms with van der Waals surface area (Å²) in [5, 5.41) is 18.7. The summed E-state index contributed by atoms with van der Waals surface area (Å²) in [6.45, 7) is 2.29. The number of carbonyl (C=O) groups is 2. The molecule has 2 aromatic rings. The molecule has 180 valence electrons. The number of rotatable bonds is 8. The van der Waals surface area contributed by atoms with Gasteiger partial charge < -0.3 is 20.5 Å². The number of ether oxygens (including phenoxy) is 1. The normalized spacial score (nSPS) is 18.6. The second kappa shape index (κ2) is 10.7. The van der Waals surface area contributed by atoms with E-state index < -0.39 is 35.5 Å². The fraction of sp³-hybridized carbons (Fsp3) is 0.500. The first-order valence-corrected chi connectivity index (χ1v) is 10.8. The molecule has 1 heterocycles. The molecule has 3 rings (SSSR count). The monoisotopic (exact) mass is 468 g/mol. The fourth-order valence-electron chi connectivity index (χ4n) is 3.76. The molecule has 1 fully saturated rings. The first kappa shape index (κ1) is 24.6. The predicted molar refractivity (Wildman–Crippen MR) is 113 cm³/mol. The number of nitrogens with zero attached hydrogens (tertiary/aromatic N) is 2. The Morgan fingerprint density at radius 2 is 1.76 bits per heavy atom. The van der Waals surface area contributed by atoms with Gasteiger partial charge in [0.1, 0.15) is 5.75 Å². The molecule has 2 unspecified atom stereocenters. The summed E-state index contributed by atoms with van der Waals surface area (Å²) in [7, 11) is 0. The van der Waals surface area contributed by atoms with E-state index in [1.165, 1.54) is 0 Å². The Morgan fingerprint density at radius 1 is 1.12 bits per heavy atom. The third kappa shape index (κ3) is 6.25. The van der Waals surface area contributed by atoms with Gasteiger partial charge in [0.15, 0.2) is 5.69 Å². The molecular weight excluding hydrogens is 441 g/mol. The molecule has 3 N–H and O–H groups in total. The van der Waals surface area contributed by atoms with Crippen molar-refractivity contribution in [3.63, 3.8) is 0 Å². The molecule has 8 nitrogen and oxygen atoms in total. The van der Waals surface area contributed by atoms with Crippen molar-refractivity contribution in [3.05, 3.63) is 47.3 Å². The van der Waals surface area contributed by atoms with E-state index in [0.29, 0.717) is 30.8 Å². The summed E-state index contributed by atoms with van der Waals surface area (Å²) < 4.78 is 46.7. The van der Waals surface area contributed by atoms with Crippen LogP contribution in [0.15, 0.2) is 30.5 Å². The number of aliphatic hydroxyl groups excluding tert-OH is 1. The van der Waals surface area contributed by atoms with Crippen LogP contribution < -0.4 is 15.4 Å². The Kier molecular flexibility index (Phi) is 7.96. The zero-order chi connectivity index (χ0) is 24.0. The van der Waals surface area contributed by atoms with Crippen molar-refractivity contribution >= 4 is 11.8 Å². The molecule has 0 saturated heterocycles. The van der Waals surface area contributed by atoms with Crippen molar-refractivity contribution in [3.8, 4) is 5.75 Å². The zero-order valence-corrected chi connectivity index (χ0v) is 18.2. The molecule has 0 bridgehead atoms. The minimum absolute atomic E-state index is 0.0224. The summed E-state index contributed by atoms with van der Waals surface area (Å²) in [5.74, 6) is -0.709. The van der Waals surface area contributed by atoms with Crippen molar-refractivity contribution < 1.29 is 32.6 Å². The van der Waals surface area contributed by atoms with Gasteiger partial charge in [-0.25, -0.2) is 0 Å². The van der Waals surface area contributed by atoms with Crippen LogP contribution in [0.25, 0.3) is 0 Å². The van der Waals surface area contributed by atoms with Crippen molar-refractivity contribution in [1.29, 1.82) is 0 Å². The number of hydrogen-bond acceptors (Lipinski definition) is 5. The van der Waals surface area contributed by atoms with Crippen LogP contribution in [0.5, 0.6) is 5.75 Å². The number of aromatic nitrogens is 2. The number of halogens is 3. The molecule has 33 heavy (non-hydrogen) atoms. The Hall–Kier alpha value is -3.08. The largest absolute Gasteiger partial charge is 0.494 e. The minimum Gasteiger partial charge on any atom is -0.494 e. The van der Waals surface area contributed by atoms with Crippen LogP contribution in [0.3, 0.4) is 0 Å². The number of nitrogens with one attached hydrogen (secondary N) is 2. The van der Waals surface area contributed by atoms with Crippen LogP contribution in [0.4, 0.5) is 13.2 Å². The molecule has 1 aliphatic rings. The third-order valence-electron chi connectivity index (χ3n) is 5.40. The Labute approximate surface area is 189 Å². The highest BCUT2D eigenvalue weighted by Crippen LogP contribution is 2.34. The molecule has 0 radical (unpaired) electrons. The van der Waals surface area contributed by atoms with Gasteiger partial charge in [0.2, 0.25) is 0 Å². The molecule has 0 spiro atoms. The Bertz CT molecular complexity index is 960. The average molecular weight is 468 g/mol. The maximum Gasteiger partial charge on any atom is 0.435 e. The summed E-state index contributed by atoms with van der Waals surface area (Å²) >= 11 is 0. The van der Waals surface area contributed by atoms with Gasteiger partial charge in [-0.1, -0.05) is 12.8 Å². The SMILES string of the molecule is CCOc1ccc(C(=O)NCCNC(=O)c2cn(C3CCCCC3O)nc2C(F)(F)F)cc1. The topological polar surface area (TPSA) is 105 Å². The lowest BCUT2D eigenvalue weighted by atomic mass is 9.93. The summed E-state index contributed by atoms with van der Waals surface area (Å²) in [6.07, 6.45) is -2.08. The van der Waals surface area contributed by atoms with E-state index in [-0.39, 0.29) is 19.0 Å². The van der Waals surface area contributed by atoms with Gasteiger partial charge in [0.05, 0.1) is 24.3 Å². The summed E-state index contributed by atoms with van der Waals surface area (Å²) in [4.78, 5) is 24.6. The molecule has 11 heteroatoms. The number of hydrogen-bond donors (Lipinski definition) is 3. The summed E-state index contributed by atoms with van der Waals surface area (Å²) in [6, 6.07) is 5.87.